The molecule has 0 atom stereocenters. The number of rotatable bonds is 6. The highest BCUT2D eigenvalue weighted by atomic mass is 14.6. The van der Waals surface area contributed by atoms with Crippen LogP contribution in [-0.4, -0.2) is 19.9 Å². The maximum atomic E-state index is 4.50. The molecule has 0 N–H and O–H groups in total. The summed E-state index contributed by atoms with van der Waals surface area (Å²) < 4.78 is 0. The molecule has 0 aliphatic heterocycles. The van der Waals surface area contributed by atoms with Gasteiger partial charge in [-0.05, 0) is 126 Å². The van der Waals surface area contributed by atoms with Gasteiger partial charge in [0.2, 0.25) is 0 Å². The van der Waals surface area contributed by atoms with E-state index in [0.29, 0.717) is 0 Å². The fraction of sp³-hybridized carbons (Fsp3) is 0. The fourth-order valence-electron chi connectivity index (χ4n) is 7.21. The van der Waals surface area contributed by atoms with Crippen molar-refractivity contribution in [3.63, 3.8) is 0 Å². The number of nitrogens with zero attached hydrogens (tertiary/aromatic N) is 4. The van der Waals surface area contributed by atoms with Crippen LogP contribution < -0.4 is 0 Å². The lowest BCUT2D eigenvalue weighted by molar-refractivity contribution is 1.30. The van der Waals surface area contributed by atoms with E-state index in [1.807, 2.05) is 73.8 Å². The molecule has 0 aliphatic rings. The van der Waals surface area contributed by atoms with Crippen LogP contribution >= 0.6 is 0 Å². The van der Waals surface area contributed by atoms with Crippen LogP contribution in [0.25, 0.3) is 88.3 Å². The van der Waals surface area contributed by atoms with Crippen LogP contribution in [0, 0.1) is 0 Å². The topological polar surface area (TPSA) is 51.6 Å². The van der Waals surface area contributed by atoms with E-state index in [2.05, 4.69) is 129 Å². The fourth-order valence-corrected chi connectivity index (χ4v) is 7.21. The molecule has 234 valence electrons. The molecule has 0 radical (unpaired) electrons. The molecule has 4 aromatic heterocycles. The first-order valence-electron chi connectivity index (χ1n) is 16.7. The van der Waals surface area contributed by atoms with Crippen molar-refractivity contribution >= 4 is 21.5 Å². The summed E-state index contributed by atoms with van der Waals surface area (Å²) in [6, 6.07) is 47.8. The summed E-state index contributed by atoms with van der Waals surface area (Å²) in [6.45, 7) is 0. The molecule has 0 bridgehead atoms. The lowest BCUT2D eigenvalue weighted by Gasteiger charge is -2.20. The third-order valence-electron chi connectivity index (χ3n) is 9.49. The van der Waals surface area contributed by atoms with Gasteiger partial charge in [0, 0.05) is 60.7 Å². The summed E-state index contributed by atoms with van der Waals surface area (Å²) in [4.78, 5) is 17.5. The largest absolute Gasteiger partial charge is 0.265 e. The van der Waals surface area contributed by atoms with Crippen molar-refractivity contribution in [2.24, 2.45) is 0 Å². The molecule has 9 aromatic rings. The Balaban J connectivity index is 1.37. The molecule has 0 aliphatic carbocycles. The molecule has 4 heterocycles. The maximum absolute atomic E-state index is 4.50. The predicted molar refractivity (Wildman–Crippen MR) is 205 cm³/mol. The number of pyridine rings is 4. The molecule has 50 heavy (non-hydrogen) atoms. The van der Waals surface area contributed by atoms with Gasteiger partial charge in [0.05, 0.1) is 0 Å². The molecule has 0 amide bonds. The number of hydrogen-bond donors (Lipinski definition) is 0. The SMILES string of the molecule is c1ccc(-c2c3ccc(-c4ccncc4-c4ccncc4)cc3c(-c3ccccc3)c3ccc(-c4ccncc4-c4ccncc4)cc23)cc1. The number of benzene rings is 5. The minimum Gasteiger partial charge on any atom is -0.265 e. The van der Waals surface area contributed by atoms with Crippen molar-refractivity contribution in [3.8, 4) is 66.8 Å². The van der Waals surface area contributed by atoms with Gasteiger partial charge in [0.1, 0.15) is 0 Å². The van der Waals surface area contributed by atoms with Gasteiger partial charge >= 0.3 is 0 Å². The number of aromatic nitrogens is 4. The summed E-state index contributed by atoms with van der Waals surface area (Å²) in [5, 5.41) is 4.80. The Morgan fingerprint density at radius 2 is 0.660 bits per heavy atom. The van der Waals surface area contributed by atoms with Crippen LogP contribution in [-0.2, 0) is 0 Å². The second-order valence-electron chi connectivity index (χ2n) is 12.3. The molecule has 5 aromatic carbocycles. The van der Waals surface area contributed by atoms with E-state index in [9.17, 15) is 0 Å². The minimum atomic E-state index is 1.08. The molecular weight excluding hydrogens is 609 g/mol. The Kier molecular flexibility index (Phi) is 7.45. The smallest absolute Gasteiger partial charge is 0.0352 e. The molecule has 0 unspecified atom stereocenters. The van der Waals surface area contributed by atoms with Gasteiger partial charge in [-0.25, -0.2) is 0 Å². The van der Waals surface area contributed by atoms with Gasteiger partial charge in [-0.15, -0.1) is 0 Å². The Labute approximate surface area is 290 Å². The Morgan fingerprint density at radius 1 is 0.260 bits per heavy atom. The second kappa shape index (κ2) is 12.7. The quantitative estimate of drug-likeness (QED) is 0.170. The molecule has 0 saturated carbocycles. The monoisotopic (exact) mass is 638 g/mol. The van der Waals surface area contributed by atoms with Gasteiger partial charge in [0.15, 0.2) is 0 Å². The average Bonchev–Trinajstić information content (AvgIpc) is 3.21. The van der Waals surface area contributed by atoms with Crippen LogP contribution in [0.4, 0.5) is 0 Å². The van der Waals surface area contributed by atoms with E-state index >= 15 is 0 Å². The molecule has 0 fully saturated rings. The maximum Gasteiger partial charge on any atom is 0.0352 e. The van der Waals surface area contributed by atoms with Gasteiger partial charge in [-0.2, -0.15) is 0 Å². The zero-order valence-corrected chi connectivity index (χ0v) is 27.1. The molecule has 0 saturated heterocycles. The van der Waals surface area contributed by atoms with E-state index in [1.54, 1.807) is 0 Å². The summed E-state index contributed by atoms with van der Waals surface area (Å²) in [6.07, 6.45) is 15.0. The Hall–Kier alpha value is -6.78. The van der Waals surface area contributed by atoms with E-state index in [-0.39, 0.29) is 0 Å². The van der Waals surface area contributed by atoms with Crippen molar-refractivity contribution in [2.75, 3.05) is 0 Å². The first-order valence-corrected chi connectivity index (χ1v) is 16.7. The molecule has 0 spiro atoms. The van der Waals surface area contributed by atoms with Crippen LogP contribution in [0.1, 0.15) is 0 Å². The summed E-state index contributed by atoms with van der Waals surface area (Å²) in [5.74, 6) is 0. The molecule has 4 heteroatoms. The van der Waals surface area contributed by atoms with Crippen LogP contribution in [0.3, 0.4) is 0 Å². The number of fused-ring (bicyclic) bond motifs is 2. The highest BCUT2D eigenvalue weighted by molar-refractivity contribution is 6.22. The van der Waals surface area contributed by atoms with E-state index < -0.39 is 0 Å². The summed E-state index contributed by atoms with van der Waals surface area (Å²) in [7, 11) is 0. The third-order valence-corrected chi connectivity index (χ3v) is 9.49. The van der Waals surface area contributed by atoms with Crippen molar-refractivity contribution < 1.29 is 0 Å². The zero-order valence-electron chi connectivity index (χ0n) is 27.1. The van der Waals surface area contributed by atoms with Gasteiger partial charge in [0.25, 0.3) is 0 Å². The molecular formula is C46H30N4. The van der Waals surface area contributed by atoms with Crippen molar-refractivity contribution in [3.05, 3.63) is 183 Å². The van der Waals surface area contributed by atoms with Crippen molar-refractivity contribution in [1.29, 1.82) is 0 Å². The minimum absolute atomic E-state index is 1.08. The normalized spacial score (nSPS) is 11.2. The predicted octanol–water partition coefficient (Wildman–Crippen LogP) is 11.6. The first kappa shape index (κ1) is 29.4. The Bertz CT molecular complexity index is 2440. The van der Waals surface area contributed by atoms with Crippen LogP contribution in [0.2, 0.25) is 0 Å². The zero-order chi connectivity index (χ0) is 33.3. The molecule has 4 nitrogen and oxygen atoms in total. The molecule has 9 rings (SSSR count). The summed E-state index contributed by atoms with van der Waals surface area (Å²) >= 11 is 0. The lowest BCUT2D eigenvalue weighted by atomic mass is 9.83. The van der Waals surface area contributed by atoms with Crippen molar-refractivity contribution in [2.45, 2.75) is 0 Å². The van der Waals surface area contributed by atoms with E-state index in [0.717, 1.165) is 44.5 Å². The Morgan fingerprint density at radius 3 is 1.08 bits per heavy atom. The van der Waals surface area contributed by atoms with Crippen LogP contribution in [0.5, 0.6) is 0 Å². The highest BCUT2D eigenvalue weighted by Gasteiger charge is 2.20. The third kappa shape index (κ3) is 5.20. The lowest BCUT2D eigenvalue weighted by Crippen LogP contribution is -1.94. The van der Waals surface area contributed by atoms with Gasteiger partial charge < -0.3 is 0 Å². The highest BCUT2D eigenvalue weighted by Crippen LogP contribution is 2.47. The number of hydrogen-bond acceptors (Lipinski definition) is 4. The van der Waals surface area contributed by atoms with E-state index in [4.69, 9.17) is 0 Å². The standard InChI is InChI=1S/C46H30N4/c1-3-7-33(8-4-1)45-39-13-11-36(38-20-26-50-30-44(38)32-17-23-48-24-18-32)28-42(39)46(34-9-5-2-6-10-34)40-14-12-35(27-41(40)45)37-19-25-49-29-43(37)31-15-21-47-22-16-31/h1-30H. The van der Waals surface area contributed by atoms with E-state index in [1.165, 1.54) is 43.8 Å². The van der Waals surface area contributed by atoms with Crippen molar-refractivity contribution in [1.82, 2.24) is 19.9 Å². The van der Waals surface area contributed by atoms with Gasteiger partial charge in [-0.1, -0.05) is 84.9 Å². The van der Waals surface area contributed by atoms with Crippen LogP contribution in [0.15, 0.2) is 183 Å². The second-order valence-corrected chi connectivity index (χ2v) is 12.3. The summed E-state index contributed by atoms with van der Waals surface area (Å²) in [5.41, 5.74) is 13.6. The average molecular weight is 639 g/mol. The first-order chi connectivity index (χ1) is 24.8. The van der Waals surface area contributed by atoms with Gasteiger partial charge in [-0.3, -0.25) is 19.9 Å².